The van der Waals surface area contributed by atoms with Crippen LogP contribution in [0.25, 0.3) is 0 Å². The summed E-state index contributed by atoms with van der Waals surface area (Å²) in [5, 5.41) is 6.01. The van der Waals surface area contributed by atoms with Crippen LogP contribution in [0.1, 0.15) is 11.3 Å². The van der Waals surface area contributed by atoms with E-state index in [2.05, 4.69) is 20.5 Å². The summed E-state index contributed by atoms with van der Waals surface area (Å²) in [6, 6.07) is 2.21. The molecule has 1 unspecified atom stereocenters. The Labute approximate surface area is 165 Å². The normalized spacial score (nSPS) is 21.9. The minimum Gasteiger partial charge on any atom is -0.379 e. The van der Waals surface area contributed by atoms with Crippen molar-refractivity contribution in [1.29, 1.82) is 0 Å². The van der Waals surface area contributed by atoms with E-state index >= 15 is 0 Å². The summed E-state index contributed by atoms with van der Waals surface area (Å²) < 4.78 is 43.2. The SMILES string of the molecule is O=C(NCc1ccc(C(F)(F)F)nc1)C1=C2C=CC=CN2C(N2CCOCC2)N1. The molecule has 7 nitrogen and oxygen atoms in total. The summed E-state index contributed by atoms with van der Waals surface area (Å²) in [4.78, 5) is 20.4. The predicted octanol–water partition coefficient (Wildman–Crippen LogP) is 1.53. The van der Waals surface area contributed by atoms with Crippen molar-refractivity contribution < 1.29 is 22.7 Å². The topological polar surface area (TPSA) is 69.7 Å². The molecule has 29 heavy (non-hydrogen) atoms. The van der Waals surface area contributed by atoms with Gasteiger partial charge in [-0.05, 0) is 23.8 Å². The molecule has 1 atom stereocenters. The van der Waals surface area contributed by atoms with E-state index in [1.165, 1.54) is 6.07 Å². The smallest absolute Gasteiger partial charge is 0.379 e. The molecule has 154 valence electrons. The Bertz CT molecular complexity index is 858. The third-order valence-electron chi connectivity index (χ3n) is 4.87. The van der Waals surface area contributed by atoms with Crippen molar-refractivity contribution in [2.24, 2.45) is 0 Å². The lowest BCUT2D eigenvalue weighted by molar-refractivity contribution is -0.141. The van der Waals surface area contributed by atoms with Crippen LogP contribution in [0.5, 0.6) is 0 Å². The van der Waals surface area contributed by atoms with Crippen LogP contribution in [0.4, 0.5) is 13.2 Å². The number of carbonyl (C=O) groups is 1. The number of rotatable bonds is 4. The Morgan fingerprint density at radius 1 is 1.28 bits per heavy atom. The van der Waals surface area contributed by atoms with Crippen molar-refractivity contribution in [3.8, 4) is 0 Å². The fourth-order valence-electron chi connectivity index (χ4n) is 3.39. The highest BCUT2D eigenvalue weighted by Crippen LogP contribution is 2.28. The van der Waals surface area contributed by atoms with E-state index in [-0.39, 0.29) is 18.7 Å². The van der Waals surface area contributed by atoms with E-state index in [0.29, 0.717) is 24.5 Å². The lowest BCUT2D eigenvalue weighted by Gasteiger charge is -2.37. The fourth-order valence-corrected chi connectivity index (χ4v) is 3.39. The second-order valence-electron chi connectivity index (χ2n) is 6.77. The van der Waals surface area contributed by atoms with Gasteiger partial charge in [0.15, 0.2) is 6.29 Å². The zero-order valence-corrected chi connectivity index (χ0v) is 15.4. The number of aromatic nitrogens is 1. The van der Waals surface area contributed by atoms with Crippen LogP contribution in [-0.2, 0) is 22.3 Å². The molecular weight excluding hydrogens is 387 g/mol. The molecule has 4 rings (SSSR count). The number of carbonyl (C=O) groups excluding carboxylic acids is 1. The van der Waals surface area contributed by atoms with Gasteiger partial charge in [0.2, 0.25) is 0 Å². The Kier molecular flexibility index (Phi) is 5.29. The number of halogens is 3. The van der Waals surface area contributed by atoms with Gasteiger partial charge in [0, 0.05) is 32.0 Å². The second kappa shape index (κ2) is 7.88. The summed E-state index contributed by atoms with van der Waals surface area (Å²) in [7, 11) is 0. The number of hydrogen-bond donors (Lipinski definition) is 2. The number of nitrogens with zero attached hydrogens (tertiary/aromatic N) is 3. The largest absolute Gasteiger partial charge is 0.433 e. The number of pyridine rings is 1. The van der Waals surface area contributed by atoms with Gasteiger partial charge in [0.1, 0.15) is 11.4 Å². The Balaban J connectivity index is 1.43. The Morgan fingerprint density at radius 3 is 2.76 bits per heavy atom. The van der Waals surface area contributed by atoms with Crippen molar-refractivity contribution in [3.05, 3.63) is 65.4 Å². The highest BCUT2D eigenvalue weighted by molar-refractivity contribution is 5.94. The van der Waals surface area contributed by atoms with Gasteiger partial charge >= 0.3 is 6.18 Å². The molecule has 1 aromatic rings. The number of allylic oxidation sites excluding steroid dienone is 3. The standard InChI is InChI=1S/C19H20F3N5O2/c20-19(21,22)15-5-4-13(11-23-15)12-24-17(28)16-14-3-1-2-6-27(14)18(25-16)26-7-9-29-10-8-26/h1-6,11,18,25H,7-10,12H2,(H,24,28). The molecule has 0 aliphatic carbocycles. The summed E-state index contributed by atoms with van der Waals surface area (Å²) in [5.41, 5.74) is 0.683. The molecule has 3 aliphatic heterocycles. The predicted molar refractivity (Wildman–Crippen MR) is 97.5 cm³/mol. The van der Waals surface area contributed by atoms with Crippen LogP contribution in [-0.4, -0.2) is 53.3 Å². The highest BCUT2D eigenvalue weighted by atomic mass is 19.4. The quantitative estimate of drug-likeness (QED) is 0.789. The van der Waals surface area contributed by atoms with Crippen molar-refractivity contribution >= 4 is 5.91 Å². The molecule has 2 N–H and O–H groups in total. The van der Waals surface area contributed by atoms with E-state index in [9.17, 15) is 18.0 Å². The number of hydrogen-bond acceptors (Lipinski definition) is 6. The molecule has 0 bridgehead atoms. The minimum absolute atomic E-state index is 0.0736. The molecule has 3 aliphatic rings. The maximum atomic E-state index is 12.8. The van der Waals surface area contributed by atoms with Crippen LogP contribution < -0.4 is 10.6 Å². The van der Waals surface area contributed by atoms with Crippen molar-refractivity contribution in [1.82, 2.24) is 25.4 Å². The van der Waals surface area contributed by atoms with Gasteiger partial charge in [-0.2, -0.15) is 13.2 Å². The fraction of sp³-hybridized carbons (Fsp3) is 0.368. The van der Waals surface area contributed by atoms with Crippen LogP contribution in [0.3, 0.4) is 0 Å². The van der Waals surface area contributed by atoms with Gasteiger partial charge < -0.3 is 20.3 Å². The minimum atomic E-state index is -4.49. The third kappa shape index (κ3) is 4.13. The number of ether oxygens (including phenoxy) is 1. The summed E-state index contributed by atoms with van der Waals surface area (Å²) >= 11 is 0. The first kappa shape index (κ1) is 19.5. The first-order valence-corrected chi connectivity index (χ1v) is 9.19. The molecule has 1 saturated heterocycles. The van der Waals surface area contributed by atoms with E-state index in [1.54, 1.807) is 0 Å². The molecule has 0 saturated carbocycles. The molecule has 1 fully saturated rings. The average Bonchev–Trinajstić information content (AvgIpc) is 3.12. The van der Waals surface area contributed by atoms with Crippen LogP contribution >= 0.6 is 0 Å². The average molecular weight is 407 g/mol. The van der Waals surface area contributed by atoms with Gasteiger partial charge in [0.25, 0.3) is 5.91 Å². The number of amides is 1. The summed E-state index contributed by atoms with van der Waals surface area (Å²) in [5.74, 6) is -0.333. The Hall–Kier alpha value is -2.85. The molecule has 10 heteroatoms. The zero-order chi connectivity index (χ0) is 20.4. The molecule has 0 aromatic carbocycles. The van der Waals surface area contributed by atoms with Crippen LogP contribution in [0.2, 0.25) is 0 Å². The highest BCUT2D eigenvalue weighted by Gasteiger charge is 2.37. The van der Waals surface area contributed by atoms with Crippen molar-refractivity contribution in [2.75, 3.05) is 26.3 Å². The number of alkyl halides is 3. The van der Waals surface area contributed by atoms with Crippen molar-refractivity contribution in [2.45, 2.75) is 19.0 Å². The van der Waals surface area contributed by atoms with Gasteiger partial charge in [-0.1, -0.05) is 12.1 Å². The zero-order valence-electron chi connectivity index (χ0n) is 15.4. The number of nitrogens with one attached hydrogen (secondary N) is 2. The third-order valence-corrected chi connectivity index (χ3v) is 4.87. The molecule has 0 spiro atoms. The van der Waals surface area contributed by atoms with E-state index in [0.717, 1.165) is 31.0 Å². The first-order chi connectivity index (χ1) is 13.9. The van der Waals surface area contributed by atoms with E-state index in [1.807, 2.05) is 29.3 Å². The van der Waals surface area contributed by atoms with Gasteiger partial charge in [-0.3, -0.25) is 14.7 Å². The maximum Gasteiger partial charge on any atom is 0.433 e. The molecule has 4 heterocycles. The maximum absolute atomic E-state index is 12.8. The van der Waals surface area contributed by atoms with Gasteiger partial charge in [-0.25, -0.2) is 0 Å². The molecule has 1 aromatic heterocycles. The van der Waals surface area contributed by atoms with E-state index in [4.69, 9.17) is 4.74 Å². The Morgan fingerprint density at radius 2 is 2.07 bits per heavy atom. The number of morpholine rings is 1. The number of fused-ring (bicyclic) bond motifs is 1. The lowest BCUT2D eigenvalue weighted by Crippen LogP contribution is -2.54. The van der Waals surface area contributed by atoms with E-state index < -0.39 is 11.9 Å². The van der Waals surface area contributed by atoms with Crippen LogP contribution in [0, 0.1) is 0 Å². The van der Waals surface area contributed by atoms with Gasteiger partial charge in [0.05, 0.1) is 18.9 Å². The first-order valence-electron chi connectivity index (χ1n) is 9.19. The molecule has 1 amide bonds. The second-order valence-corrected chi connectivity index (χ2v) is 6.77. The van der Waals surface area contributed by atoms with Gasteiger partial charge in [-0.15, -0.1) is 0 Å². The monoisotopic (exact) mass is 407 g/mol. The van der Waals surface area contributed by atoms with Crippen molar-refractivity contribution in [3.63, 3.8) is 0 Å². The summed E-state index contributed by atoms with van der Waals surface area (Å²) in [6.45, 7) is 2.81. The molecular formula is C19H20F3N5O2. The lowest BCUT2D eigenvalue weighted by atomic mass is 10.2. The van der Waals surface area contributed by atoms with Crippen LogP contribution in [0.15, 0.2) is 54.2 Å². The molecule has 0 radical (unpaired) electrons. The summed E-state index contributed by atoms with van der Waals surface area (Å²) in [6.07, 6.45) is 3.94.